The van der Waals surface area contributed by atoms with E-state index in [0.717, 1.165) is 38.9 Å². The molecular formula is C42H37NO. The Hall–Kier alpha value is -5.18. The van der Waals surface area contributed by atoms with Crippen molar-refractivity contribution in [1.82, 2.24) is 0 Å². The van der Waals surface area contributed by atoms with Crippen LogP contribution in [0.5, 0.6) is 5.75 Å². The predicted molar refractivity (Wildman–Crippen MR) is 189 cm³/mol. The maximum absolute atomic E-state index is 11.3. The Balaban J connectivity index is 0.00000168. The summed E-state index contributed by atoms with van der Waals surface area (Å²) in [5, 5.41) is 16.3. The summed E-state index contributed by atoms with van der Waals surface area (Å²) in [5.74, 6) is 0.560. The second kappa shape index (κ2) is 12.6. The minimum atomic E-state index is 0.251. The van der Waals surface area contributed by atoms with Crippen LogP contribution in [0.25, 0.3) is 66.1 Å². The molecule has 0 aliphatic rings. The van der Waals surface area contributed by atoms with Crippen molar-refractivity contribution >= 4 is 21.5 Å². The Morgan fingerprint density at radius 3 is 1.66 bits per heavy atom. The van der Waals surface area contributed by atoms with Gasteiger partial charge in [-0.1, -0.05) is 129 Å². The molecule has 0 atom stereocenters. The van der Waals surface area contributed by atoms with Crippen molar-refractivity contribution in [2.24, 2.45) is 5.73 Å². The molecule has 3 N–H and O–H groups in total. The van der Waals surface area contributed by atoms with Gasteiger partial charge in [-0.15, -0.1) is 0 Å². The smallest absolute Gasteiger partial charge is 0.123 e. The van der Waals surface area contributed by atoms with Crippen LogP contribution in [0.1, 0.15) is 25.3 Å². The van der Waals surface area contributed by atoms with Crippen molar-refractivity contribution in [1.29, 1.82) is 0 Å². The van der Waals surface area contributed by atoms with Crippen LogP contribution in [0.4, 0.5) is 0 Å². The molecule has 0 saturated heterocycles. The summed E-state index contributed by atoms with van der Waals surface area (Å²) in [4.78, 5) is 0. The third kappa shape index (κ3) is 5.48. The van der Waals surface area contributed by atoms with Crippen LogP contribution in [0.15, 0.2) is 146 Å². The highest BCUT2D eigenvalue weighted by molar-refractivity contribution is 6.13. The SMILES string of the molecule is CC(C)c1cc(O)c(-c2cccc(-c3ccccc3)c2)cc1-c1cccc(-c2cc3ccccc3c3ccccc23)c1.CN. The monoisotopic (exact) mass is 571 g/mol. The first-order chi connectivity index (χ1) is 21.6. The minimum Gasteiger partial charge on any atom is -0.507 e. The zero-order valence-electron chi connectivity index (χ0n) is 25.5. The molecule has 44 heavy (non-hydrogen) atoms. The fraction of sp³-hybridized carbons (Fsp3) is 0.0952. The first kappa shape index (κ1) is 28.9. The maximum Gasteiger partial charge on any atom is 0.123 e. The van der Waals surface area contributed by atoms with Gasteiger partial charge in [-0.2, -0.15) is 0 Å². The fourth-order valence-corrected chi connectivity index (χ4v) is 6.21. The summed E-state index contributed by atoms with van der Waals surface area (Å²) in [7, 11) is 1.50. The average Bonchev–Trinajstić information content (AvgIpc) is 3.09. The highest BCUT2D eigenvalue weighted by atomic mass is 16.3. The molecule has 0 aliphatic heterocycles. The molecule has 0 aliphatic carbocycles. The lowest BCUT2D eigenvalue weighted by Crippen LogP contribution is -1.95. The number of fused-ring (bicyclic) bond motifs is 3. The normalized spacial score (nSPS) is 11.0. The summed E-state index contributed by atoms with van der Waals surface area (Å²) >= 11 is 0. The van der Waals surface area contributed by atoms with Crippen molar-refractivity contribution in [3.63, 3.8) is 0 Å². The molecule has 7 rings (SSSR count). The molecule has 0 aromatic heterocycles. The second-order valence-corrected chi connectivity index (χ2v) is 11.3. The lowest BCUT2D eigenvalue weighted by atomic mass is 9.86. The second-order valence-electron chi connectivity index (χ2n) is 11.3. The minimum absolute atomic E-state index is 0.251. The third-order valence-corrected chi connectivity index (χ3v) is 8.32. The lowest BCUT2D eigenvalue weighted by molar-refractivity contribution is 0.476. The molecule has 0 heterocycles. The van der Waals surface area contributed by atoms with Gasteiger partial charge < -0.3 is 10.8 Å². The van der Waals surface area contributed by atoms with Crippen LogP contribution in [0.3, 0.4) is 0 Å². The van der Waals surface area contributed by atoms with Gasteiger partial charge >= 0.3 is 0 Å². The van der Waals surface area contributed by atoms with Gasteiger partial charge in [-0.05, 0) is 109 Å². The van der Waals surface area contributed by atoms with Crippen LogP contribution in [0, 0.1) is 0 Å². The molecule has 0 spiro atoms. The number of hydrogen-bond donors (Lipinski definition) is 2. The molecular weight excluding hydrogens is 534 g/mol. The van der Waals surface area contributed by atoms with E-state index in [0.29, 0.717) is 5.75 Å². The molecule has 0 radical (unpaired) electrons. The number of phenolic OH excluding ortho intramolecular Hbond substituents is 1. The number of aromatic hydroxyl groups is 1. The molecule has 0 saturated carbocycles. The van der Waals surface area contributed by atoms with E-state index in [1.54, 1.807) is 0 Å². The number of phenols is 1. The van der Waals surface area contributed by atoms with Gasteiger partial charge in [-0.3, -0.25) is 0 Å². The predicted octanol–water partition coefficient (Wildman–Crippen LogP) is 11.1. The fourth-order valence-electron chi connectivity index (χ4n) is 6.21. The average molecular weight is 572 g/mol. The Bertz CT molecular complexity index is 2070. The molecule has 0 amide bonds. The van der Waals surface area contributed by atoms with Gasteiger partial charge in [0.15, 0.2) is 0 Å². The molecule has 0 unspecified atom stereocenters. The summed E-state index contributed by atoms with van der Waals surface area (Å²) in [6.45, 7) is 4.38. The molecule has 0 bridgehead atoms. The first-order valence-electron chi connectivity index (χ1n) is 15.2. The standard InChI is InChI=1S/C41H32O.CH5N/c1-27(2)37-26-41(42)40(32-18-10-15-29(22-32)28-12-4-3-5-13-28)25-39(37)31-17-11-16-30(23-31)38-24-33-14-6-7-19-34(33)35-20-8-9-21-36(35)38;1-2/h3-27,42H,1-2H3;2H2,1H3. The van der Waals surface area contributed by atoms with Crippen LogP contribution in [-0.2, 0) is 0 Å². The van der Waals surface area contributed by atoms with E-state index in [1.807, 2.05) is 12.1 Å². The van der Waals surface area contributed by atoms with Crippen LogP contribution < -0.4 is 5.73 Å². The number of rotatable bonds is 5. The van der Waals surface area contributed by atoms with Gasteiger partial charge in [0, 0.05) is 5.56 Å². The largest absolute Gasteiger partial charge is 0.507 e. The van der Waals surface area contributed by atoms with Crippen molar-refractivity contribution < 1.29 is 5.11 Å². The van der Waals surface area contributed by atoms with Gasteiger partial charge in [0.2, 0.25) is 0 Å². The van der Waals surface area contributed by atoms with Gasteiger partial charge in [0.25, 0.3) is 0 Å². The number of nitrogens with two attached hydrogens (primary N) is 1. The quantitative estimate of drug-likeness (QED) is 0.202. The van der Waals surface area contributed by atoms with E-state index in [4.69, 9.17) is 0 Å². The van der Waals surface area contributed by atoms with E-state index < -0.39 is 0 Å². The topological polar surface area (TPSA) is 46.2 Å². The van der Waals surface area contributed by atoms with Gasteiger partial charge in [0.1, 0.15) is 5.75 Å². The Kier molecular flexibility index (Phi) is 8.27. The Morgan fingerprint density at radius 2 is 0.955 bits per heavy atom. The van der Waals surface area contributed by atoms with E-state index in [1.165, 1.54) is 39.7 Å². The molecule has 7 aromatic rings. The van der Waals surface area contributed by atoms with E-state index >= 15 is 0 Å². The molecule has 7 aromatic carbocycles. The van der Waals surface area contributed by atoms with Gasteiger partial charge in [-0.25, -0.2) is 0 Å². The highest BCUT2D eigenvalue weighted by Crippen LogP contribution is 2.42. The van der Waals surface area contributed by atoms with Crippen molar-refractivity contribution in [3.8, 4) is 50.3 Å². The molecule has 216 valence electrons. The summed E-state index contributed by atoms with van der Waals surface area (Å²) in [6, 6.07) is 51.4. The van der Waals surface area contributed by atoms with E-state index in [-0.39, 0.29) is 5.92 Å². The van der Waals surface area contributed by atoms with Crippen LogP contribution in [0.2, 0.25) is 0 Å². The number of hydrogen-bond acceptors (Lipinski definition) is 2. The summed E-state index contributed by atoms with van der Waals surface area (Å²) in [6.07, 6.45) is 0. The maximum atomic E-state index is 11.3. The third-order valence-electron chi connectivity index (χ3n) is 8.32. The van der Waals surface area contributed by atoms with E-state index in [9.17, 15) is 5.11 Å². The van der Waals surface area contributed by atoms with Crippen molar-refractivity contribution in [2.75, 3.05) is 7.05 Å². The Morgan fingerprint density at radius 1 is 0.432 bits per heavy atom. The van der Waals surface area contributed by atoms with Crippen molar-refractivity contribution in [3.05, 3.63) is 151 Å². The molecule has 0 fully saturated rings. The lowest BCUT2D eigenvalue weighted by Gasteiger charge is -2.18. The molecule has 2 heteroatoms. The van der Waals surface area contributed by atoms with Crippen LogP contribution >= 0.6 is 0 Å². The zero-order chi connectivity index (χ0) is 30.6. The van der Waals surface area contributed by atoms with Crippen LogP contribution in [-0.4, -0.2) is 12.2 Å². The van der Waals surface area contributed by atoms with Crippen molar-refractivity contribution in [2.45, 2.75) is 19.8 Å². The zero-order valence-corrected chi connectivity index (χ0v) is 25.5. The van der Waals surface area contributed by atoms with Gasteiger partial charge in [0.05, 0.1) is 0 Å². The number of benzene rings is 7. The van der Waals surface area contributed by atoms with E-state index in [2.05, 4.69) is 153 Å². The highest BCUT2D eigenvalue weighted by Gasteiger charge is 2.17. The first-order valence-corrected chi connectivity index (χ1v) is 15.2. The summed E-state index contributed by atoms with van der Waals surface area (Å²) in [5.41, 5.74) is 14.5. The Labute approximate surface area is 260 Å². The summed E-state index contributed by atoms with van der Waals surface area (Å²) < 4.78 is 0. The molecule has 2 nitrogen and oxygen atoms in total.